The van der Waals surface area contributed by atoms with E-state index in [9.17, 15) is 4.39 Å². The molecule has 0 unspecified atom stereocenters. The van der Waals surface area contributed by atoms with Gasteiger partial charge in [-0.25, -0.2) is 9.07 Å². The Balaban J connectivity index is 1.54. The molecule has 7 nitrogen and oxygen atoms in total. The van der Waals surface area contributed by atoms with E-state index in [0.29, 0.717) is 23.6 Å². The van der Waals surface area contributed by atoms with Crippen LogP contribution in [0.3, 0.4) is 0 Å². The van der Waals surface area contributed by atoms with Crippen molar-refractivity contribution >= 4 is 27.7 Å². The highest BCUT2D eigenvalue weighted by atomic mass is 79.9. The van der Waals surface area contributed by atoms with Gasteiger partial charge in [-0.2, -0.15) is 0 Å². The van der Waals surface area contributed by atoms with E-state index in [4.69, 9.17) is 9.47 Å². The van der Waals surface area contributed by atoms with Crippen molar-refractivity contribution in [2.45, 2.75) is 18.3 Å². The number of nitrogens with zero attached hydrogens (tertiary/aromatic N) is 4. The smallest absolute Gasteiger partial charge is 0.209 e. The normalized spacial score (nSPS) is 10.9. The lowest BCUT2D eigenvalue weighted by Gasteiger charge is -2.15. The number of thioether (sulfide) groups is 1. The van der Waals surface area contributed by atoms with Gasteiger partial charge in [0.2, 0.25) is 5.16 Å². The highest BCUT2D eigenvalue weighted by Gasteiger charge is 2.12. The van der Waals surface area contributed by atoms with E-state index in [1.54, 1.807) is 41.8 Å². The summed E-state index contributed by atoms with van der Waals surface area (Å²) in [5, 5.41) is 15.5. The molecule has 0 saturated heterocycles. The Labute approximate surface area is 181 Å². The zero-order chi connectivity index (χ0) is 20.6. The van der Waals surface area contributed by atoms with E-state index in [1.807, 2.05) is 19.2 Å². The molecule has 0 amide bonds. The second-order valence-corrected chi connectivity index (χ2v) is 8.00. The van der Waals surface area contributed by atoms with E-state index in [2.05, 4.69) is 36.8 Å². The van der Waals surface area contributed by atoms with Crippen LogP contribution < -0.4 is 14.8 Å². The first-order valence-corrected chi connectivity index (χ1v) is 10.6. The van der Waals surface area contributed by atoms with Gasteiger partial charge >= 0.3 is 0 Å². The Bertz CT molecular complexity index is 956. The predicted molar refractivity (Wildman–Crippen MR) is 113 cm³/mol. The second kappa shape index (κ2) is 10.6. The van der Waals surface area contributed by atoms with Gasteiger partial charge in [0.05, 0.1) is 7.11 Å². The maximum atomic E-state index is 13.8. The zero-order valence-electron chi connectivity index (χ0n) is 16.1. The van der Waals surface area contributed by atoms with Crippen LogP contribution in [0.5, 0.6) is 11.5 Å². The molecular weight excluding hydrogens is 461 g/mol. The first-order chi connectivity index (χ1) is 14.1. The SMILES string of the molecule is COc1cc(CNCCSc2nnnn2C)c(Br)cc1OCc1ccccc1F. The molecule has 1 N–H and O–H groups in total. The molecule has 0 bridgehead atoms. The van der Waals surface area contributed by atoms with Gasteiger partial charge < -0.3 is 14.8 Å². The van der Waals surface area contributed by atoms with Crippen molar-refractivity contribution in [3.8, 4) is 11.5 Å². The lowest BCUT2D eigenvalue weighted by atomic mass is 10.2. The minimum Gasteiger partial charge on any atom is -0.493 e. The van der Waals surface area contributed by atoms with Crippen LogP contribution in [0, 0.1) is 5.82 Å². The van der Waals surface area contributed by atoms with Gasteiger partial charge in [-0.1, -0.05) is 45.9 Å². The summed E-state index contributed by atoms with van der Waals surface area (Å²) in [6, 6.07) is 10.3. The molecular formula is C19H21BrFN5O2S. The summed E-state index contributed by atoms with van der Waals surface area (Å²) in [7, 11) is 3.40. The number of hydrogen-bond donors (Lipinski definition) is 1. The topological polar surface area (TPSA) is 74.1 Å². The van der Waals surface area contributed by atoms with Crippen LogP contribution in [0.15, 0.2) is 46.0 Å². The van der Waals surface area contributed by atoms with Crippen molar-refractivity contribution < 1.29 is 13.9 Å². The molecule has 29 heavy (non-hydrogen) atoms. The van der Waals surface area contributed by atoms with Gasteiger partial charge in [-0.15, -0.1) is 5.10 Å². The van der Waals surface area contributed by atoms with E-state index < -0.39 is 0 Å². The second-order valence-electron chi connectivity index (χ2n) is 6.08. The number of aromatic nitrogens is 4. The first kappa shape index (κ1) is 21.5. The highest BCUT2D eigenvalue weighted by Crippen LogP contribution is 2.34. The predicted octanol–water partition coefficient (Wildman–Crippen LogP) is 3.58. The summed E-state index contributed by atoms with van der Waals surface area (Å²) in [5.41, 5.74) is 1.53. The summed E-state index contributed by atoms with van der Waals surface area (Å²) >= 11 is 5.16. The highest BCUT2D eigenvalue weighted by molar-refractivity contribution is 9.10. The largest absolute Gasteiger partial charge is 0.493 e. The first-order valence-electron chi connectivity index (χ1n) is 8.87. The quantitative estimate of drug-likeness (QED) is 0.350. The van der Waals surface area contributed by atoms with Crippen LogP contribution in [0.2, 0.25) is 0 Å². The third kappa shape index (κ3) is 5.91. The van der Waals surface area contributed by atoms with Gasteiger partial charge in [0.1, 0.15) is 12.4 Å². The number of aryl methyl sites for hydroxylation is 1. The van der Waals surface area contributed by atoms with Gasteiger partial charge in [0.25, 0.3) is 0 Å². The molecule has 0 aliphatic rings. The monoisotopic (exact) mass is 481 g/mol. The number of benzene rings is 2. The summed E-state index contributed by atoms with van der Waals surface area (Å²) in [6.07, 6.45) is 0. The molecule has 0 fully saturated rings. The molecule has 0 radical (unpaired) electrons. The van der Waals surface area contributed by atoms with Crippen LogP contribution in [-0.2, 0) is 20.2 Å². The summed E-state index contributed by atoms with van der Waals surface area (Å²) in [5.74, 6) is 1.70. The summed E-state index contributed by atoms with van der Waals surface area (Å²) in [4.78, 5) is 0. The number of halogens is 2. The summed E-state index contributed by atoms with van der Waals surface area (Å²) in [6.45, 7) is 1.57. The number of ether oxygens (including phenoxy) is 2. The van der Waals surface area contributed by atoms with Crippen molar-refractivity contribution in [1.82, 2.24) is 25.5 Å². The Morgan fingerprint density at radius 3 is 2.76 bits per heavy atom. The van der Waals surface area contributed by atoms with Crippen LogP contribution in [0.25, 0.3) is 0 Å². The van der Waals surface area contributed by atoms with Gasteiger partial charge in [-0.3, -0.25) is 0 Å². The molecule has 10 heteroatoms. The van der Waals surface area contributed by atoms with Gasteiger partial charge in [0, 0.05) is 35.9 Å². The van der Waals surface area contributed by atoms with E-state index in [-0.39, 0.29) is 12.4 Å². The Hall–Kier alpha value is -2.17. The van der Waals surface area contributed by atoms with Crippen molar-refractivity contribution in [3.05, 3.63) is 57.8 Å². The molecule has 1 aromatic heterocycles. The maximum Gasteiger partial charge on any atom is 0.209 e. The standard InChI is InChI=1S/C19H21BrFN5O2S/c1-26-19(23-24-25-26)29-8-7-22-11-14-9-17(27-2)18(10-15(14)20)28-12-13-5-3-4-6-16(13)21/h3-6,9-10,22H,7-8,11-12H2,1-2H3. The molecule has 0 atom stereocenters. The molecule has 3 aromatic rings. The lowest BCUT2D eigenvalue weighted by Crippen LogP contribution is -2.17. The van der Waals surface area contributed by atoms with Crippen LogP contribution in [-0.4, -0.2) is 39.6 Å². The van der Waals surface area contributed by atoms with Crippen molar-refractivity contribution in [1.29, 1.82) is 0 Å². The van der Waals surface area contributed by atoms with Crippen LogP contribution in [0.1, 0.15) is 11.1 Å². The minimum atomic E-state index is -0.290. The number of methoxy groups -OCH3 is 1. The van der Waals surface area contributed by atoms with Gasteiger partial charge in [0.15, 0.2) is 11.5 Å². The van der Waals surface area contributed by atoms with Crippen LogP contribution >= 0.6 is 27.7 Å². The lowest BCUT2D eigenvalue weighted by molar-refractivity contribution is 0.279. The Kier molecular flexibility index (Phi) is 7.84. The molecule has 154 valence electrons. The third-order valence-corrected chi connectivity index (χ3v) is 5.83. The molecule has 0 aliphatic carbocycles. The average molecular weight is 482 g/mol. The molecule has 0 aliphatic heterocycles. The van der Waals surface area contributed by atoms with Crippen molar-refractivity contribution in [3.63, 3.8) is 0 Å². The fourth-order valence-corrected chi connectivity index (χ4v) is 3.75. The minimum absolute atomic E-state index is 0.126. The fraction of sp³-hybridized carbons (Fsp3) is 0.316. The molecule has 3 rings (SSSR count). The number of tetrazole rings is 1. The summed E-state index contributed by atoms with van der Waals surface area (Å²) < 4.78 is 27.6. The van der Waals surface area contributed by atoms with Crippen molar-refractivity contribution in [2.75, 3.05) is 19.4 Å². The number of rotatable bonds is 10. The fourth-order valence-electron chi connectivity index (χ4n) is 2.54. The zero-order valence-corrected chi connectivity index (χ0v) is 18.5. The molecule has 1 heterocycles. The van der Waals surface area contributed by atoms with Crippen molar-refractivity contribution in [2.24, 2.45) is 7.05 Å². The van der Waals surface area contributed by atoms with E-state index in [0.717, 1.165) is 27.5 Å². The van der Waals surface area contributed by atoms with E-state index >= 15 is 0 Å². The number of hydrogen-bond acceptors (Lipinski definition) is 7. The molecule has 0 spiro atoms. The van der Waals surface area contributed by atoms with Crippen LogP contribution in [0.4, 0.5) is 4.39 Å². The third-order valence-electron chi connectivity index (χ3n) is 4.08. The maximum absolute atomic E-state index is 13.8. The van der Waals surface area contributed by atoms with E-state index in [1.165, 1.54) is 6.07 Å². The molecule has 2 aromatic carbocycles. The average Bonchev–Trinajstić information content (AvgIpc) is 3.13. The molecule has 0 saturated carbocycles. The Morgan fingerprint density at radius 1 is 1.21 bits per heavy atom. The Morgan fingerprint density at radius 2 is 2.03 bits per heavy atom. The number of nitrogens with one attached hydrogen (secondary N) is 1. The van der Waals surface area contributed by atoms with Gasteiger partial charge in [-0.05, 0) is 34.2 Å².